The molecule has 0 fully saturated rings. The van der Waals surface area contributed by atoms with Crippen LogP contribution in [0.1, 0.15) is 12.5 Å². The summed E-state index contributed by atoms with van der Waals surface area (Å²) in [6, 6.07) is 5.27. The van der Waals surface area contributed by atoms with E-state index in [0.29, 0.717) is 17.4 Å². The number of halogens is 1. The highest BCUT2D eigenvalue weighted by Crippen LogP contribution is 2.27. The maximum absolute atomic E-state index is 11.8. The molecule has 1 aromatic rings. The van der Waals surface area contributed by atoms with Gasteiger partial charge in [-0.25, -0.2) is 13.1 Å². The van der Waals surface area contributed by atoms with E-state index in [-0.39, 0.29) is 18.2 Å². The SMILES string of the molecule is COc1ccc(CNS(=O)(=O)CC(C)CCl)cc1OC. The van der Waals surface area contributed by atoms with Crippen molar-refractivity contribution in [2.45, 2.75) is 13.5 Å². The summed E-state index contributed by atoms with van der Waals surface area (Å²) in [4.78, 5) is 0. The molecule has 0 aliphatic heterocycles. The van der Waals surface area contributed by atoms with Gasteiger partial charge in [-0.15, -0.1) is 11.6 Å². The largest absolute Gasteiger partial charge is 0.493 e. The van der Waals surface area contributed by atoms with Crippen LogP contribution in [0.25, 0.3) is 0 Å². The number of hydrogen-bond donors (Lipinski definition) is 1. The minimum atomic E-state index is -3.33. The predicted octanol–water partition coefficient (Wildman–Crippen LogP) is 2.00. The zero-order valence-electron chi connectivity index (χ0n) is 11.8. The van der Waals surface area contributed by atoms with Crippen molar-refractivity contribution >= 4 is 21.6 Å². The van der Waals surface area contributed by atoms with Crippen LogP contribution in [0.3, 0.4) is 0 Å². The van der Waals surface area contributed by atoms with Crippen LogP contribution in [-0.2, 0) is 16.6 Å². The van der Waals surface area contributed by atoms with Crippen molar-refractivity contribution in [3.8, 4) is 11.5 Å². The molecule has 1 aromatic carbocycles. The van der Waals surface area contributed by atoms with Crippen molar-refractivity contribution in [1.29, 1.82) is 0 Å². The Balaban J connectivity index is 2.70. The van der Waals surface area contributed by atoms with E-state index in [1.807, 2.05) is 0 Å². The Bertz CT molecular complexity index is 533. The smallest absolute Gasteiger partial charge is 0.212 e. The highest BCUT2D eigenvalue weighted by molar-refractivity contribution is 7.89. The molecule has 114 valence electrons. The lowest BCUT2D eigenvalue weighted by Crippen LogP contribution is -2.29. The number of alkyl halides is 1. The zero-order valence-corrected chi connectivity index (χ0v) is 13.4. The Kier molecular flexibility index (Phi) is 6.58. The van der Waals surface area contributed by atoms with Crippen LogP contribution in [0.2, 0.25) is 0 Å². The fourth-order valence-corrected chi connectivity index (χ4v) is 3.27. The molecular weight excluding hydrogens is 302 g/mol. The minimum absolute atomic E-state index is 0.0176. The molecule has 5 nitrogen and oxygen atoms in total. The Morgan fingerprint density at radius 1 is 1.25 bits per heavy atom. The molecular formula is C13H20ClNO4S. The van der Waals surface area contributed by atoms with E-state index in [1.54, 1.807) is 32.2 Å². The van der Waals surface area contributed by atoms with E-state index < -0.39 is 10.0 Å². The lowest BCUT2D eigenvalue weighted by atomic mass is 10.2. The first-order chi connectivity index (χ1) is 9.41. The van der Waals surface area contributed by atoms with E-state index in [9.17, 15) is 8.42 Å². The van der Waals surface area contributed by atoms with Crippen molar-refractivity contribution in [3.63, 3.8) is 0 Å². The second-order valence-corrected chi connectivity index (χ2v) is 6.71. The van der Waals surface area contributed by atoms with Gasteiger partial charge in [0.2, 0.25) is 10.0 Å². The maximum Gasteiger partial charge on any atom is 0.212 e. The van der Waals surface area contributed by atoms with Crippen LogP contribution >= 0.6 is 11.6 Å². The van der Waals surface area contributed by atoms with Crippen LogP contribution in [0, 0.1) is 5.92 Å². The normalized spacial score (nSPS) is 13.0. The van der Waals surface area contributed by atoms with Gasteiger partial charge in [0.25, 0.3) is 0 Å². The van der Waals surface area contributed by atoms with Gasteiger partial charge in [-0.2, -0.15) is 0 Å². The molecule has 0 spiro atoms. The van der Waals surface area contributed by atoms with Gasteiger partial charge in [-0.05, 0) is 23.6 Å². The van der Waals surface area contributed by atoms with Crippen molar-refractivity contribution in [3.05, 3.63) is 23.8 Å². The third-order valence-corrected chi connectivity index (χ3v) is 4.83. The maximum atomic E-state index is 11.8. The predicted molar refractivity (Wildman–Crippen MR) is 80.1 cm³/mol. The topological polar surface area (TPSA) is 64.6 Å². The fraction of sp³-hybridized carbons (Fsp3) is 0.538. The van der Waals surface area contributed by atoms with Gasteiger partial charge in [0.1, 0.15) is 0 Å². The second-order valence-electron chi connectivity index (χ2n) is 4.55. The molecule has 0 aromatic heterocycles. The van der Waals surface area contributed by atoms with Gasteiger partial charge >= 0.3 is 0 Å². The third-order valence-electron chi connectivity index (χ3n) is 2.71. The van der Waals surface area contributed by atoms with E-state index >= 15 is 0 Å². The summed E-state index contributed by atoms with van der Waals surface area (Å²) in [6.45, 7) is 2.00. The van der Waals surface area contributed by atoms with Crippen molar-refractivity contribution in [2.75, 3.05) is 25.9 Å². The fourth-order valence-electron chi connectivity index (χ4n) is 1.66. The molecule has 0 saturated heterocycles. The van der Waals surface area contributed by atoms with Crippen LogP contribution in [0.15, 0.2) is 18.2 Å². The number of sulfonamides is 1. The number of methoxy groups -OCH3 is 2. The van der Waals surface area contributed by atoms with E-state index in [2.05, 4.69) is 4.72 Å². The molecule has 1 unspecified atom stereocenters. The van der Waals surface area contributed by atoms with E-state index in [0.717, 1.165) is 5.56 Å². The molecule has 1 N–H and O–H groups in total. The van der Waals surface area contributed by atoms with Gasteiger partial charge in [-0.3, -0.25) is 0 Å². The molecule has 0 aliphatic carbocycles. The molecule has 20 heavy (non-hydrogen) atoms. The molecule has 0 radical (unpaired) electrons. The van der Waals surface area contributed by atoms with Gasteiger partial charge in [0.15, 0.2) is 11.5 Å². The van der Waals surface area contributed by atoms with Gasteiger partial charge in [-0.1, -0.05) is 13.0 Å². The van der Waals surface area contributed by atoms with E-state index in [1.165, 1.54) is 7.11 Å². The highest BCUT2D eigenvalue weighted by Gasteiger charge is 2.15. The molecule has 0 bridgehead atoms. The Morgan fingerprint density at radius 2 is 1.90 bits per heavy atom. The Labute approximate surface area is 125 Å². The molecule has 7 heteroatoms. The van der Waals surface area contributed by atoms with Crippen LogP contribution in [-0.4, -0.2) is 34.3 Å². The highest BCUT2D eigenvalue weighted by atomic mass is 35.5. The van der Waals surface area contributed by atoms with Crippen molar-refractivity contribution in [2.24, 2.45) is 5.92 Å². The summed E-state index contributed by atoms with van der Waals surface area (Å²) in [5.74, 6) is 1.42. The molecule has 1 atom stereocenters. The average molecular weight is 322 g/mol. The summed E-state index contributed by atoms with van der Waals surface area (Å²) >= 11 is 5.63. The number of rotatable bonds is 8. The molecule has 0 amide bonds. The number of nitrogens with one attached hydrogen (secondary N) is 1. The summed E-state index contributed by atoms with van der Waals surface area (Å²) in [5, 5.41) is 0. The molecule has 1 rings (SSSR count). The van der Waals surface area contributed by atoms with Gasteiger partial charge in [0, 0.05) is 12.4 Å². The lowest BCUT2D eigenvalue weighted by molar-refractivity contribution is 0.354. The number of benzene rings is 1. The number of hydrogen-bond acceptors (Lipinski definition) is 4. The van der Waals surface area contributed by atoms with E-state index in [4.69, 9.17) is 21.1 Å². The number of ether oxygens (including phenoxy) is 2. The Hall–Kier alpha value is -0.980. The summed E-state index contributed by atoms with van der Waals surface area (Å²) in [7, 11) is -0.248. The first-order valence-electron chi connectivity index (χ1n) is 6.16. The van der Waals surface area contributed by atoms with Gasteiger partial charge in [0.05, 0.1) is 20.0 Å². The van der Waals surface area contributed by atoms with Gasteiger partial charge < -0.3 is 9.47 Å². The van der Waals surface area contributed by atoms with Crippen LogP contribution < -0.4 is 14.2 Å². The molecule has 0 aliphatic rings. The zero-order chi connectivity index (χ0) is 15.2. The lowest BCUT2D eigenvalue weighted by Gasteiger charge is -2.12. The summed E-state index contributed by atoms with van der Waals surface area (Å²) < 4.78 is 36.5. The van der Waals surface area contributed by atoms with Crippen LogP contribution in [0.4, 0.5) is 0 Å². The van der Waals surface area contributed by atoms with Crippen molar-refractivity contribution < 1.29 is 17.9 Å². The second kappa shape index (κ2) is 7.71. The molecule has 0 heterocycles. The standard InChI is InChI=1S/C13H20ClNO4S/c1-10(7-14)9-20(16,17)15-8-11-4-5-12(18-2)13(6-11)19-3/h4-6,10,15H,7-9H2,1-3H3. The monoisotopic (exact) mass is 321 g/mol. The Morgan fingerprint density at radius 3 is 2.45 bits per heavy atom. The first kappa shape index (κ1) is 17.1. The summed E-state index contributed by atoms with van der Waals surface area (Å²) in [6.07, 6.45) is 0. The third kappa shape index (κ3) is 5.19. The van der Waals surface area contributed by atoms with Crippen LogP contribution in [0.5, 0.6) is 11.5 Å². The summed E-state index contributed by atoms with van der Waals surface area (Å²) in [5.41, 5.74) is 0.796. The van der Waals surface area contributed by atoms with Crippen molar-refractivity contribution in [1.82, 2.24) is 4.72 Å². The average Bonchev–Trinajstić information content (AvgIpc) is 2.44. The molecule has 0 saturated carbocycles. The first-order valence-corrected chi connectivity index (χ1v) is 8.34. The quantitative estimate of drug-likeness (QED) is 0.744. The minimum Gasteiger partial charge on any atom is -0.493 e.